The lowest BCUT2D eigenvalue weighted by molar-refractivity contribution is 0.149. The highest BCUT2D eigenvalue weighted by atomic mass is 14.9. The smallest absolute Gasteiger partial charge is 0.0121 e. The average molecular weight is 211 g/mol. The van der Waals surface area contributed by atoms with Crippen LogP contribution in [0.1, 0.15) is 72.1 Å². The van der Waals surface area contributed by atoms with Gasteiger partial charge in [-0.3, -0.25) is 0 Å². The molecule has 2 atom stereocenters. The summed E-state index contributed by atoms with van der Waals surface area (Å²) in [6.07, 6.45) is 11.1. The molecule has 1 rings (SSSR count). The highest BCUT2D eigenvalue weighted by molar-refractivity contribution is 4.89. The minimum Gasteiger partial charge on any atom is -0.313 e. The highest BCUT2D eigenvalue weighted by Gasteiger charge is 2.33. The van der Waals surface area contributed by atoms with Gasteiger partial charge < -0.3 is 5.32 Å². The molecular weight excluding hydrogens is 182 g/mol. The average Bonchev–Trinajstić information content (AvgIpc) is 2.28. The van der Waals surface area contributed by atoms with Crippen molar-refractivity contribution < 1.29 is 0 Å². The second-order valence-electron chi connectivity index (χ2n) is 5.51. The van der Waals surface area contributed by atoms with Crippen LogP contribution in [0.5, 0.6) is 0 Å². The van der Waals surface area contributed by atoms with Gasteiger partial charge in [0.1, 0.15) is 0 Å². The summed E-state index contributed by atoms with van der Waals surface area (Å²) in [5.41, 5.74) is 0.561. The van der Waals surface area contributed by atoms with Gasteiger partial charge in [0.25, 0.3) is 0 Å². The van der Waals surface area contributed by atoms with Crippen LogP contribution >= 0.6 is 0 Å². The monoisotopic (exact) mass is 211 g/mol. The Hall–Kier alpha value is -0.0400. The number of rotatable bonds is 6. The van der Waals surface area contributed by atoms with Gasteiger partial charge in [0.15, 0.2) is 0 Å². The van der Waals surface area contributed by atoms with E-state index in [0.717, 1.165) is 6.04 Å². The molecule has 1 aliphatic rings. The maximum atomic E-state index is 3.75. The van der Waals surface area contributed by atoms with E-state index in [4.69, 9.17) is 0 Å². The predicted octanol–water partition coefficient (Wildman–Crippen LogP) is 4.13. The SMILES string of the molecule is CCCCC(C)(CCC)C1CCCCN1. The standard InChI is InChI=1S/C14H29N/c1-4-6-11-14(3,10-5-2)13-9-7-8-12-15-13/h13,15H,4-12H2,1-3H3. The summed E-state index contributed by atoms with van der Waals surface area (Å²) in [5.74, 6) is 0. The lowest BCUT2D eigenvalue weighted by Crippen LogP contribution is -2.46. The van der Waals surface area contributed by atoms with E-state index in [1.165, 1.54) is 57.9 Å². The van der Waals surface area contributed by atoms with Crippen LogP contribution in [0.4, 0.5) is 0 Å². The Balaban J connectivity index is 2.52. The van der Waals surface area contributed by atoms with Gasteiger partial charge in [-0.05, 0) is 37.6 Å². The third kappa shape index (κ3) is 3.79. The molecule has 1 nitrogen and oxygen atoms in total. The molecule has 1 saturated heterocycles. The maximum Gasteiger partial charge on any atom is 0.0121 e. The minimum atomic E-state index is 0.561. The molecule has 0 saturated carbocycles. The van der Waals surface area contributed by atoms with Gasteiger partial charge in [-0.25, -0.2) is 0 Å². The Morgan fingerprint density at radius 3 is 2.47 bits per heavy atom. The van der Waals surface area contributed by atoms with Crippen molar-refractivity contribution in [3.8, 4) is 0 Å². The molecule has 2 unspecified atom stereocenters. The molecule has 0 amide bonds. The van der Waals surface area contributed by atoms with Crippen LogP contribution in [-0.2, 0) is 0 Å². The molecule has 0 aromatic heterocycles. The van der Waals surface area contributed by atoms with E-state index >= 15 is 0 Å². The third-order valence-corrected chi connectivity index (χ3v) is 4.07. The molecule has 90 valence electrons. The van der Waals surface area contributed by atoms with Crippen molar-refractivity contribution in [1.82, 2.24) is 5.32 Å². The third-order valence-electron chi connectivity index (χ3n) is 4.07. The molecule has 1 heteroatoms. The van der Waals surface area contributed by atoms with Gasteiger partial charge in [0, 0.05) is 6.04 Å². The van der Waals surface area contributed by atoms with Crippen LogP contribution in [0.15, 0.2) is 0 Å². The van der Waals surface area contributed by atoms with Crippen LogP contribution < -0.4 is 5.32 Å². The summed E-state index contributed by atoms with van der Waals surface area (Å²) < 4.78 is 0. The van der Waals surface area contributed by atoms with Crippen molar-refractivity contribution in [1.29, 1.82) is 0 Å². The summed E-state index contributed by atoms with van der Waals surface area (Å²) in [6, 6.07) is 0.790. The Kier molecular flexibility index (Phi) is 5.66. The molecule has 1 heterocycles. The van der Waals surface area contributed by atoms with Crippen molar-refractivity contribution in [2.24, 2.45) is 5.41 Å². The molecule has 0 aromatic rings. The lowest BCUT2D eigenvalue weighted by atomic mass is 9.72. The first-order valence-corrected chi connectivity index (χ1v) is 6.96. The van der Waals surface area contributed by atoms with E-state index in [9.17, 15) is 0 Å². The molecule has 1 N–H and O–H groups in total. The number of hydrogen-bond acceptors (Lipinski definition) is 1. The van der Waals surface area contributed by atoms with Crippen molar-refractivity contribution in [3.05, 3.63) is 0 Å². The number of piperidine rings is 1. The second-order valence-corrected chi connectivity index (χ2v) is 5.51. The van der Waals surface area contributed by atoms with Crippen LogP contribution in [0, 0.1) is 5.41 Å². The lowest BCUT2D eigenvalue weighted by Gasteiger charge is -2.41. The first kappa shape index (κ1) is 13.0. The van der Waals surface area contributed by atoms with Crippen molar-refractivity contribution in [2.45, 2.75) is 78.2 Å². The van der Waals surface area contributed by atoms with E-state index in [0.29, 0.717) is 5.41 Å². The highest BCUT2D eigenvalue weighted by Crippen LogP contribution is 2.36. The fraction of sp³-hybridized carbons (Fsp3) is 1.00. The molecule has 0 aromatic carbocycles. The summed E-state index contributed by atoms with van der Waals surface area (Å²) in [7, 11) is 0. The number of unbranched alkanes of at least 4 members (excludes halogenated alkanes) is 1. The van der Waals surface area contributed by atoms with Crippen molar-refractivity contribution >= 4 is 0 Å². The zero-order chi connectivity index (χ0) is 11.1. The minimum absolute atomic E-state index is 0.561. The molecular formula is C14H29N. The molecule has 0 bridgehead atoms. The van der Waals surface area contributed by atoms with Crippen LogP contribution in [0.25, 0.3) is 0 Å². The molecule has 1 aliphatic heterocycles. The first-order valence-electron chi connectivity index (χ1n) is 6.96. The normalized spacial score (nSPS) is 26.2. The van der Waals surface area contributed by atoms with E-state index in [2.05, 4.69) is 26.1 Å². The molecule has 15 heavy (non-hydrogen) atoms. The van der Waals surface area contributed by atoms with Crippen LogP contribution in [0.2, 0.25) is 0 Å². The molecule has 0 aliphatic carbocycles. The van der Waals surface area contributed by atoms with Crippen molar-refractivity contribution in [3.63, 3.8) is 0 Å². The zero-order valence-electron chi connectivity index (χ0n) is 10.9. The number of hydrogen-bond donors (Lipinski definition) is 1. The van der Waals surface area contributed by atoms with Gasteiger partial charge in [-0.2, -0.15) is 0 Å². The van der Waals surface area contributed by atoms with Gasteiger partial charge in [-0.1, -0.05) is 46.5 Å². The Morgan fingerprint density at radius 1 is 1.13 bits per heavy atom. The zero-order valence-corrected chi connectivity index (χ0v) is 10.9. The summed E-state index contributed by atoms with van der Waals surface area (Å²) >= 11 is 0. The Morgan fingerprint density at radius 2 is 1.93 bits per heavy atom. The van der Waals surface area contributed by atoms with E-state index in [1.54, 1.807) is 0 Å². The number of nitrogens with one attached hydrogen (secondary N) is 1. The second kappa shape index (κ2) is 6.52. The van der Waals surface area contributed by atoms with Gasteiger partial charge in [0.2, 0.25) is 0 Å². The maximum absolute atomic E-state index is 3.75. The summed E-state index contributed by atoms with van der Waals surface area (Å²) in [6.45, 7) is 8.39. The summed E-state index contributed by atoms with van der Waals surface area (Å²) in [5, 5.41) is 3.75. The topological polar surface area (TPSA) is 12.0 Å². The fourth-order valence-electron chi connectivity index (χ4n) is 3.07. The Bertz CT molecular complexity index is 161. The van der Waals surface area contributed by atoms with Gasteiger partial charge in [-0.15, -0.1) is 0 Å². The Labute approximate surface area is 96.0 Å². The van der Waals surface area contributed by atoms with E-state index in [1.807, 2.05) is 0 Å². The van der Waals surface area contributed by atoms with Crippen LogP contribution in [0.3, 0.4) is 0 Å². The van der Waals surface area contributed by atoms with Gasteiger partial charge >= 0.3 is 0 Å². The quantitative estimate of drug-likeness (QED) is 0.696. The van der Waals surface area contributed by atoms with Crippen LogP contribution in [-0.4, -0.2) is 12.6 Å². The molecule has 0 radical (unpaired) electrons. The predicted molar refractivity (Wildman–Crippen MR) is 68.2 cm³/mol. The van der Waals surface area contributed by atoms with Crippen molar-refractivity contribution in [2.75, 3.05) is 6.54 Å². The molecule has 1 fully saturated rings. The first-order chi connectivity index (χ1) is 7.23. The van der Waals surface area contributed by atoms with Gasteiger partial charge in [0.05, 0.1) is 0 Å². The van der Waals surface area contributed by atoms with E-state index in [-0.39, 0.29) is 0 Å². The summed E-state index contributed by atoms with van der Waals surface area (Å²) in [4.78, 5) is 0. The molecule has 0 spiro atoms. The van der Waals surface area contributed by atoms with E-state index < -0.39 is 0 Å². The largest absolute Gasteiger partial charge is 0.313 e. The fourth-order valence-corrected chi connectivity index (χ4v) is 3.07.